The Balaban J connectivity index is 1.93. The number of carbonyl (C=O) groups is 1. The summed E-state index contributed by atoms with van der Waals surface area (Å²) < 4.78 is 2.64. The minimum absolute atomic E-state index is 0.0636. The summed E-state index contributed by atoms with van der Waals surface area (Å²) in [6.45, 7) is 2.18. The number of aryl methyl sites for hydroxylation is 1. The third kappa shape index (κ3) is 2.88. The number of rotatable bonds is 3. The second kappa shape index (κ2) is 6.12. The van der Waals surface area contributed by atoms with Crippen LogP contribution < -0.4 is 4.90 Å². The average Bonchev–Trinajstić information content (AvgIpc) is 2.90. The van der Waals surface area contributed by atoms with Gasteiger partial charge in [0, 0.05) is 30.2 Å². The Labute approximate surface area is 137 Å². The monoisotopic (exact) mass is 363 g/mol. The molecule has 0 saturated carbocycles. The van der Waals surface area contributed by atoms with E-state index in [9.17, 15) is 4.79 Å². The van der Waals surface area contributed by atoms with Crippen LogP contribution in [0.25, 0.3) is 11.3 Å². The van der Waals surface area contributed by atoms with E-state index in [4.69, 9.17) is 5.11 Å². The minimum Gasteiger partial charge on any atom is -0.476 e. The largest absolute Gasteiger partial charge is 0.476 e. The van der Waals surface area contributed by atoms with Gasteiger partial charge in [-0.2, -0.15) is 5.10 Å². The lowest BCUT2D eigenvalue weighted by Gasteiger charge is -2.29. The van der Waals surface area contributed by atoms with Gasteiger partial charge in [-0.05, 0) is 53.4 Å². The average molecular weight is 364 g/mol. The number of halogens is 1. The predicted molar refractivity (Wildman–Crippen MR) is 89.4 cm³/mol. The van der Waals surface area contributed by atoms with E-state index >= 15 is 0 Å². The number of hydrogen-bond donors (Lipinski definition) is 1. The fraction of sp³-hybridized carbons (Fsp3) is 0.375. The molecule has 1 N–H and O–H groups in total. The molecule has 1 fully saturated rings. The maximum Gasteiger partial charge on any atom is 0.356 e. The van der Waals surface area contributed by atoms with Crippen molar-refractivity contribution in [2.24, 2.45) is 7.05 Å². The number of carboxylic acid groups (broad SMARTS) is 1. The highest BCUT2D eigenvalue weighted by Gasteiger charge is 2.16. The summed E-state index contributed by atoms with van der Waals surface area (Å²) in [6.07, 6.45) is 3.77. The van der Waals surface area contributed by atoms with Gasteiger partial charge in [-0.15, -0.1) is 0 Å². The molecule has 1 aromatic carbocycles. The van der Waals surface area contributed by atoms with Crippen molar-refractivity contribution in [3.63, 3.8) is 0 Å². The van der Waals surface area contributed by atoms with Gasteiger partial charge in [-0.1, -0.05) is 6.07 Å². The van der Waals surface area contributed by atoms with E-state index in [1.165, 1.54) is 24.9 Å². The van der Waals surface area contributed by atoms with Crippen LogP contribution in [0.4, 0.5) is 5.69 Å². The summed E-state index contributed by atoms with van der Waals surface area (Å²) in [5, 5.41) is 13.1. The topological polar surface area (TPSA) is 58.4 Å². The number of nitrogens with zero attached hydrogens (tertiary/aromatic N) is 3. The molecule has 1 saturated heterocycles. The summed E-state index contributed by atoms with van der Waals surface area (Å²) in [5.41, 5.74) is 3.01. The maximum atomic E-state index is 11.0. The molecule has 0 aliphatic carbocycles. The van der Waals surface area contributed by atoms with Gasteiger partial charge in [0.25, 0.3) is 0 Å². The molecule has 1 aromatic heterocycles. The van der Waals surface area contributed by atoms with Gasteiger partial charge in [-0.25, -0.2) is 4.79 Å². The van der Waals surface area contributed by atoms with Crippen LogP contribution in [-0.4, -0.2) is 33.9 Å². The van der Waals surface area contributed by atoms with Crippen LogP contribution in [0, 0.1) is 0 Å². The summed E-state index contributed by atoms with van der Waals surface area (Å²) in [5.74, 6) is -1.01. The van der Waals surface area contributed by atoms with Crippen molar-refractivity contribution in [3.05, 3.63) is 34.4 Å². The number of hydrogen-bond acceptors (Lipinski definition) is 3. The Kier molecular flexibility index (Phi) is 4.20. The molecule has 6 heteroatoms. The van der Waals surface area contributed by atoms with Gasteiger partial charge >= 0.3 is 5.97 Å². The smallest absolute Gasteiger partial charge is 0.356 e. The normalized spacial score (nSPS) is 15.1. The van der Waals surface area contributed by atoms with Gasteiger partial charge in [0.05, 0.1) is 11.4 Å². The molecule has 2 aromatic rings. The molecule has 0 unspecified atom stereocenters. The quantitative estimate of drug-likeness (QED) is 0.905. The Morgan fingerprint density at radius 1 is 1.23 bits per heavy atom. The van der Waals surface area contributed by atoms with E-state index in [0.29, 0.717) is 0 Å². The summed E-state index contributed by atoms with van der Waals surface area (Å²) in [4.78, 5) is 13.4. The SMILES string of the molecule is Cn1nc(C(=O)O)cc1-c1ccc(N2CCCCC2)c(Br)c1. The molecule has 1 aliphatic rings. The minimum atomic E-state index is -1.01. The van der Waals surface area contributed by atoms with Crippen molar-refractivity contribution >= 4 is 27.6 Å². The van der Waals surface area contributed by atoms with Crippen molar-refractivity contribution in [2.75, 3.05) is 18.0 Å². The number of carboxylic acids is 1. The number of anilines is 1. The lowest BCUT2D eigenvalue weighted by Crippen LogP contribution is -2.29. The standard InChI is InChI=1S/C16H18BrN3O2/c1-19-15(10-13(18-19)16(21)22)11-5-6-14(12(17)9-11)20-7-3-2-4-8-20/h5-6,9-10H,2-4,7-8H2,1H3,(H,21,22). The van der Waals surface area contributed by atoms with E-state index in [-0.39, 0.29) is 5.69 Å². The van der Waals surface area contributed by atoms with Crippen molar-refractivity contribution in [2.45, 2.75) is 19.3 Å². The number of aromatic nitrogens is 2. The molecule has 0 atom stereocenters. The number of benzene rings is 1. The lowest BCUT2D eigenvalue weighted by molar-refractivity contribution is 0.0689. The van der Waals surface area contributed by atoms with E-state index in [1.54, 1.807) is 17.8 Å². The van der Waals surface area contributed by atoms with Crippen LogP contribution in [0.15, 0.2) is 28.7 Å². The van der Waals surface area contributed by atoms with Crippen molar-refractivity contribution < 1.29 is 9.90 Å². The van der Waals surface area contributed by atoms with E-state index in [0.717, 1.165) is 28.8 Å². The van der Waals surface area contributed by atoms with E-state index < -0.39 is 5.97 Å². The zero-order valence-electron chi connectivity index (χ0n) is 12.4. The predicted octanol–water partition coefficient (Wildman–Crippen LogP) is 3.54. The van der Waals surface area contributed by atoms with Crippen LogP contribution in [0.3, 0.4) is 0 Å². The van der Waals surface area contributed by atoms with Gasteiger partial charge in [-0.3, -0.25) is 4.68 Å². The summed E-state index contributed by atoms with van der Waals surface area (Å²) in [6, 6.07) is 7.76. The van der Waals surface area contributed by atoms with Crippen molar-refractivity contribution in [1.29, 1.82) is 0 Å². The lowest BCUT2D eigenvalue weighted by atomic mass is 10.1. The van der Waals surface area contributed by atoms with E-state index in [2.05, 4.69) is 32.0 Å². The highest BCUT2D eigenvalue weighted by atomic mass is 79.9. The molecule has 116 valence electrons. The fourth-order valence-electron chi connectivity index (χ4n) is 2.90. The molecule has 22 heavy (non-hydrogen) atoms. The third-order valence-corrected chi connectivity index (χ3v) is 4.67. The Morgan fingerprint density at radius 3 is 2.55 bits per heavy atom. The first kappa shape index (κ1) is 15.1. The molecule has 1 aliphatic heterocycles. The van der Waals surface area contributed by atoms with Crippen LogP contribution in [-0.2, 0) is 7.05 Å². The third-order valence-electron chi connectivity index (χ3n) is 4.04. The summed E-state index contributed by atoms with van der Waals surface area (Å²) >= 11 is 3.65. The molecular weight excluding hydrogens is 346 g/mol. The van der Waals surface area contributed by atoms with Crippen molar-refractivity contribution in [3.8, 4) is 11.3 Å². The van der Waals surface area contributed by atoms with Crippen LogP contribution >= 0.6 is 15.9 Å². The van der Waals surface area contributed by atoms with Gasteiger partial charge in [0.2, 0.25) is 0 Å². The number of piperidine rings is 1. The molecular formula is C16H18BrN3O2. The molecule has 3 rings (SSSR count). The maximum absolute atomic E-state index is 11.0. The molecule has 2 heterocycles. The zero-order chi connectivity index (χ0) is 15.7. The van der Waals surface area contributed by atoms with Crippen molar-refractivity contribution in [1.82, 2.24) is 9.78 Å². The first-order chi connectivity index (χ1) is 10.6. The first-order valence-corrected chi connectivity index (χ1v) is 8.18. The molecule has 5 nitrogen and oxygen atoms in total. The van der Waals surface area contributed by atoms with Crippen LogP contribution in [0.2, 0.25) is 0 Å². The molecule has 0 bridgehead atoms. The van der Waals surface area contributed by atoms with Gasteiger partial charge in [0.15, 0.2) is 5.69 Å². The highest BCUT2D eigenvalue weighted by molar-refractivity contribution is 9.10. The molecule has 0 spiro atoms. The highest BCUT2D eigenvalue weighted by Crippen LogP contribution is 2.33. The molecule has 0 amide bonds. The van der Waals surface area contributed by atoms with Crippen LogP contribution in [0.1, 0.15) is 29.8 Å². The Morgan fingerprint density at radius 2 is 1.95 bits per heavy atom. The van der Waals surface area contributed by atoms with Gasteiger partial charge < -0.3 is 10.0 Å². The second-order valence-corrected chi connectivity index (χ2v) is 6.41. The zero-order valence-corrected chi connectivity index (χ0v) is 14.0. The Bertz CT molecular complexity index is 705. The number of aromatic carboxylic acids is 1. The first-order valence-electron chi connectivity index (χ1n) is 7.38. The Hall–Kier alpha value is -1.82. The van der Waals surface area contributed by atoms with E-state index in [1.807, 2.05) is 12.1 Å². The second-order valence-electron chi connectivity index (χ2n) is 5.56. The molecule has 0 radical (unpaired) electrons. The van der Waals surface area contributed by atoms with Crippen LogP contribution in [0.5, 0.6) is 0 Å². The fourth-order valence-corrected chi connectivity index (χ4v) is 3.53. The van der Waals surface area contributed by atoms with Gasteiger partial charge in [0.1, 0.15) is 0 Å². The summed E-state index contributed by atoms with van der Waals surface area (Å²) in [7, 11) is 1.76.